The number of hydrogen-bond donors (Lipinski definition) is 1. The number of ether oxygens (including phenoxy) is 3. The number of nitrogen functional groups attached to an aromatic ring is 1. The Bertz CT molecular complexity index is 935. The maximum absolute atomic E-state index is 12.2. The van der Waals surface area contributed by atoms with Crippen molar-refractivity contribution in [2.24, 2.45) is 0 Å². The highest BCUT2D eigenvalue weighted by Gasteiger charge is 2.14. The molecule has 28 heavy (non-hydrogen) atoms. The zero-order chi connectivity index (χ0) is 20.1. The lowest BCUT2D eigenvalue weighted by Gasteiger charge is -2.10. The van der Waals surface area contributed by atoms with Crippen LogP contribution < -0.4 is 20.1 Å². The summed E-state index contributed by atoms with van der Waals surface area (Å²) in [6, 6.07) is 11.5. The Morgan fingerprint density at radius 1 is 1.04 bits per heavy atom. The molecule has 0 amide bonds. The number of nitrogens with two attached hydrogens (primary N) is 1. The first kappa shape index (κ1) is 19.7. The minimum atomic E-state index is -2.87. The van der Waals surface area contributed by atoms with Crippen LogP contribution in [-0.2, 0) is 5.75 Å². The molecule has 0 saturated heterocycles. The number of nitrogens with zero attached hydrogens (tertiary/aromatic N) is 3. The number of thioether (sulfide) groups is 1. The SMILES string of the molecule is COc1ccc(OC)c(CSc2nnc(-c3ccc(OC(F)F)cc3)n2N)c1. The van der Waals surface area contributed by atoms with Gasteiger partial charge < -0.3 is 20.1 Å². The molecular formula is C18H18F2N4O3S. The van der Waals surface area contributed by atoms with Crippen LogP contribution in [0.15, 0.2) is 47.6 Å². The summed E-state index contributed by atoms with van der Waals surface area (Å²) in [5.41, 5.74) is 1.55. The Morgan fingerprint density at radius 2 is 1.75 bits per heavy atom. The van der Waals surface area contributed by atoms with Crippen LogP contribution in [0.4, 0.5) is 8.78 Å². The molecule has 148 valence electrons. The highest BCUT2D eigenvalue weighted by atomic mass is 32.2. The highest BCUT2D eigenvalue weighted by Crippen LogP contribution is 2.31. The third-order valence-corrected chi connectivity index (χ3v) is 4.84. The van der Waals surface area contributed by atoms with E-state index in [0.717, 1.165) is 17.1 Å². The van der Waals surface area contributed by atoms with Crippen LogP contribution in [-0.4, -0.2) is 35.7 Å². The van der Waals surface area contributed by atoms with Gasteiger partial charge in [-0.05, 0) is 42.5 Å². The molecule has 0 atom stereocenters. The van der Waals surface area contributed by atoms with E-state index in [1.165, 1.54) is 28.6 Å². The molecule has 0 saturated carbocycles. The topological polar surface area (TPSA) is 84.4 Å². The van der Waals surface area contributed by atoms with Gasteiger partial charge in [0.25, 0.3) is 0 Å². The summed E-state index contributed by atoms with van der Waals surface area (Å²) in [6.07, 6.45) is 0. The van der Waals surface area contributed by atoms with Crippen LogP contribution >= 0.6 is 11.8 Å². The minimum Gasteiger partial charge on any atom is -0.497 e. The summed E-state index contributed by atoms with van der Waals surface area (Å²) in [5, 5.41) is 8.68. The standard InChI is InChI=1S/C18H18F2N4O3S/c1-25-14-7-8-15(26-2)12(9-14)10-28-18-23-22-16(24(18)21)11-3-5-13(6-4-11)27-17(19)20/h3-9,17H,10,21H2,1-2H3. The Morgan fingerprint density at radius 3 is 2.39 bits per heavy atom. The molecule has 2 N–H and O–H groups in total. The first-order chi connectivity index (χ1) is 13.5. The summed E-state index contributed by atoms with van der Waals surface area (Å²) >= 11 is 1.38. The Hall–Kier alpha value is -3.01. The third kappa shape index (κ3) is 4.45. The van der Waals surface area contributed by atoms with Crippen molar-refractivity contribution in [2.45, 2.75) is 17.5 Å². The summed E-state index contributed by atoms with van der Waals surface area (Å²) in [4.78, 5) is 0. The molecule has 0 aliphatic rings. The zero-order valence-electron chi connectivity index (χ0n) is 15.1. The van der Waals surface area contributed by atoms with Crippen LogP contribution in [0.2, 0.25) is 0 Å². The van der Waals surface area contributed by atoms with Crippen molar-refractivity contribution < 1.29 is 23.0 Å². The molecule has 0 aliphatic heterocycles. The summed E-state index contributed by atoms with van der Waals surface area (Å²) in [6.45, 7) is -2.87. The number of alkyl halides is 2. The second kappa shape index (κ2) is 8.79. The van der Waals surface area contributed by atoms with E-state index in [4.69, 9.17) is 15.3 Å². The number of aromatic nitrogens is 3. The van der Waals surface area contributed by atoms with E-state index in [1.54, 1.807) is 26.4 Å². The zero-order valence-corrected chi connectivity index (χ0v) is 16.0. The van der Waals surface area contributed by atoms with Gasteiger partial charge in [-0.15, -0.1) is 10.2 Å². The number of methoxy groups -OCH3 is 2. The van der Waals surface area contributed by atoms with E-state index < -0.39 is 6.61 Å². The van der Waals surface area contributed by atoms with E-state index in [1.807, 2.05) is 18.2 Å². The van der Waals surface area contributed by atoms with Crippen LogP contribution in [0, 0.1) is 0 Å². The van der Waals surface area contributed by atoms with Crippen LogP contribution in [0.25, 0.3) is 11.4 Å². The predicted octanol–water partition coefficient (Wildman–Crippen LogP) is 3.57. The van der Waals surface area contributed by atoms with Gasteiger partial charge in [0.05, 0.1) is 14.2 Å². The molecule has 3 rings (SSSR count). The summed E-state index contributed by atoms with van der Waals surface area (Å²) < 4.78 is 40.8. The van der Waals surface area contributed by atoms with Gasteiger partial charge in [0.15, 0.2) is 5.82 Å². The van der Waals surface area contributed by atoms with Crippen LogP contribution in [0.5, 0.6) is 17.2 Å². The van der Waals surface area contributed by atoms with Gasteiger partial charge in [0, 0.05) is 16.9 Å². The second-order valence-corrected chi connectivity index (χ2v) is 6.49. The molecule has 0 radical (unpaired) electrons. The molecular weight excluding hydrogens is 390 g/mol. The van der Waals surface area contributed by atoms with Crippen LogP contribution in [0.3, 0.4) is 0 Å². The average molecular weight is 408 g/mol. The molecule has 1 heterocycles. The van der Waals surface area contributed by atoms with E-state index in [9.17, 15) is 8.78 Å². The first-order valence-corrected chi connectivity index (χ1v) is 9.09. The lowest BCUT2D eigenvalue weighted by molar-refractivity contribution is -0.0498. The average Bonchev–Trinajstić information content (AvgIpc) is 3.06. The fraction of sp³-hybridized carbons (Fsp3) is 0.222. The Labute approximate surface area is 164 Å². The highest BCUT2D eigenvalue weighted by molar-refractivity contribution is 7.98. The van der Waals surface area contributed by atoms with E-state index in [2.05, 4.69) is 14.9 Å². The maximum atomic E-state index is 12.2. The van der Waals surface area contributed by atoms with Gasteiger partial charge in [-0.25, -0.2) is 4.68 Å². The molecule has 0 aliphatic carbocycles. The van der Waals surface area contributed by atoms with E-state index in [-0.39, 0.29) is 5.75 Å². The quantitative estimate of drug-likeness (QED) is 0.451. The fourth-order valence-corrected chi connectivity index (χ4v) is 3.33. The summed E-state index contributed by atoms with van der Waals surface area (Å²) in [7, 11) is 3.19. The molecule has 1 aromatic heterocycles. The summed E-state index contributed by atoms with van der Waals surface area (Å²) in [5.74, 6) is 8.56. The van der Waals surface area contributed by atoms with Crippen molar-refractivity contribution in [1.82, 2.24) is 14.9 Å². The third-order valence-electron chi connectivity index (χ3n) is 3.85. The van der Waals surface area contributed by atoms with Gasteiger partial charge in [-0.3, -0.25) is 0 Å². The second-order valence-electron chi connectivity index (χ2n) is 5.55. The lowest BCUT2D eigenvalue weighted by Crippen LogP contribution is -2.11. The molecule has 0 unspecified atom stereocenters. The van der Waals surface area contributed by atoms with Gasteiger partial charge in [0.1, 0.15) is 17.2 Å². The van der Waals surface area contributed by atoms with Gasteiger partial charge in [0.2, 0.25) is 5.16 Å². The van der Waals surface area contributed by atoms with Crippen molar-refractivity contribution in [2.75, 3.05) is 20.1 Å². The monoisotopic (exact) mass is 408 g/mol. The smallest absolute Gasteiger partial charge is 0.387 e. The van der Waals surface area contributed by atoms with E-state index >= 15 is 0 Å². The normalized spacial score (nSPS) is 10.9. The Balaban J connectivity index is 1.75. The molecule has 0 spiro atoms. The van der Waals surface area contributed by atoms with Crippen LogP contribution in [0.1, 0.15) is 5.56 Å². The first-order valence-electron chi connectivity index (χ1n) is 8.11. The van der Waals surface area contributed by atoms with Gasteiger partial charge in [-0.2, -0.15) is 8.78 Å². The number of hydrogen-bond acceptors (Lipinski definition) is 7. The van der Waals surface area contributed by atoms with Crippen molar-refractivity contribution in [1.29, 1.82) is 0 Å². The largest absolute Gasteiger partial charge is 0.497 e. The van der Waals surface area contributed by atoms with Crippen molar-refractivity contribution in [3.05, 3.63) is 48.0 Å². The number of halogens is 2. The van der Waals surface area contributed by atoms with Crippen molar-refractivity contribution in [3.8, 4) is 28.6 Å². The Kier molecular flexibility index (Phi) is 6.19. The molecule has 10 heteroatoms. The van der Waals surface area contributed by atoms with Gasteiger partial charge in [-0.1, -0.05) is 11.8 Å². The van der Waals surface area contributed by atoms with Gasteiger partial charge >= 0.3 is 6.61 Å². The van der Waals surface area contributed by atoms with Crippen molar-refractivity contribution >= 4 is 11.8 Å². The molecule has 7 nitrogen and oxygen atoms in total. The molecule has 3 aromatic rings. The fourth-order valence-electron chi connectivity index (χ4n) is 2.49. The maximum Gasteiger partial charge on any atom is 0.387 e. The lowest BCUT2D eigenvalue weighted by atomic mass is 10.2. The molecule has 0 bridgehead atoms. The number of benzene rings is 2. The predicted molar refractivity (Wildman–Crippen MR) is 101 cm³/mol. The molecule has 2 aromatic carbocycles. The molecule has 0 fully saturated rings. The van der Waals surface area contributed by atoms with E-state index in [0.29, 0.717) is 22.3 Å². The minimum absolute atomic E-state index is 0.0570. The number of rotatable bonds is 8. The van der Waals surface area contributed by atoms with Crippen molar-refractivity contribution in [3.63, 3.8) is 0 Å².